The SMILES string of the molecule is CC(NC(=O)C1CCN1)C(=O)O. The van der Waals surface area contributed by atoms with Crippen molar-refractivity contribution in [2.24, 2.45) is 0 Å². The summed E-state index contributed by atoms with van der Waals surface area (Å²) in [6.07, 6.45) is 0.790. The molecule has 1 heterocycles. The van der Waals surface area contributed by atoms with E-state index in [0.717, 1.165) is 13.0 Å². The number of hydrogen-bond donors (Lipinski definition) is 3. The van der Waals surface area contributed by atoms with Gasteiger partial charge in [0.1, 0.15) is 6.04 Å². The summed E-state index contributed by atoms with van der Waals surface area (Å²) < 4.78 is 0. The van der Waals surface area contributed by atoms with Gasteiger partial charge >= 0.3 is 5.97 Å². The van der Waals surface area contributed by atoms with Gasteiger partial charge < -0.3 is 15.7 Å². The third-order valence-corrected chi connectivity index (χ3v) is 1.87. The molecule has 0 aromatic carbocycles. The highest BCUT2D eigenvalue weighted by atomic mass is 16.4. The number of carbonyl (C=O) groups is 2. The van der Waals surface area contributed by atoms with Gasteiger partial charge in [0.05, 0.1) is 6.04 Å². The molecule has 1 rings (SSSR count). The highest BCUT2D eigenvalue weighted by molar-refractivity contribution is 5.87. The molecular weight excluding hydrogens is 160 g/mol. The molecule has 1 aliphatic rings. The standard InChI is InChI=1S/C7H12N2O3/c1-4(7(11)12)9-6(10)5-2-3-8-5/h4-5,8H,2-3H2,1H3,(H,9,10)(H,11,12). The Morgan fingerprint density at radius 3 is 2.58 bits per heavy atom. The van der Waals surface area contributed by atoms with Crippen molar-refractivity contribution in [2.75, 3.05) is 6.54 Å². The third kappa shape index (κ3) is 1.94. The van der Waals surface area contributed by atoms with Crippen LogP contribution in [0.1, 0.15) is 13.3 Å². The number of carboxylic acids is 1. The molecule has 1 saturated heterocycles. The van der Waals surface area contributed by atoms with Crippen molar-refractivity contribution < 1.29 is 14.7 Å². The molecule has 2 unspecified atom stereocenters. The van der Waals surface area contributed by atoms with E-state index in [1.54, 1.807) is 0 Å². The predicted molar refractivity (Wildman–Crippen MR) is 41.6 cm³/mol. The van der Waals surface area contributed by atoms with E-state index >= 15 is 0 Å². The average molecular weight is 172 g/mol. The number of aliphatic carboxylic acids is 1. The van der Waals surface area contributed by atoms with Crippen molar-refractivity contribution in [1.82, 2.24) is 10.6 Å². The summed E-state index contributed by atoms with van der Waals surface area (Å²) in [7, 11) is 0. The Morgan fingerprint density at radius 1 is 1.67 bits per heavy atom. The van der Waals surface area contributed by atoms with Crippen LogP contribution in [0.25, 0.3) is 0 Å². The fourth-order valence-electron chi connectivity index (χ4n) is 0.888. The molecule has 0 spiro atoms. The Morgan fingerprint density at radius 2 is 2.25 bits per heavy atom. The minimum atomic E-state index is -1.01. The van der Waals surface area contributed by atoms with Crippen molar-refractivity contribution in [3.05, 3.63) is 0 Å². The van der Waals surface area contributed by atoms with Gasteiger partial charge in [-0.2, -0.15) is 0 Å². The van der Waals surface area contributed by atoms with E-state index < -0.39 is 12.0 Å². The zero-order valence-electron chi connectivity index (χ0n) is 6.83. The number of hydrogen-bond acceptors (Lipinski definition) is 3. The molecule has 0 bridgehead atoms. The van der Waals surface area contributed by atoms with Gasteiger partial charge in [0.2, 0.25) is 5.91 Å². The van der Waals surface area contributed by atoms with Crippen LogP contribution in [0.2, 0.25) is 0 Å². The van der Waals surface area contributed by atoms with E-state index in [2.05, 4.69) is 10.6 Å². The van der Waals surface area contributed by atoms with Crippen molar-refractivity contribution in [1.29, 1.82) is 0 Å². The number of amides is 1. The molecule has 3 N–H and O–H groups in total. The van der Waals surface area contributed by atoms with Crippen LogP contribution in [0.3, 0.4) is 0 Å². The molecule has 0 saturated carbocycles. The van der Waals surface area contributed by atoms with Gasteiger partial charge in [-0.15, -0.1) is 0 Å². The van der Waals surface area contributed by atoms with Crippen molar-refractivity contribution >= 4 is 11.9 Å². The number of rotatable bonds is 3. The molecule has 12 heavy (non-hydrogen) atoms. The lowest BCUT2D eigenvalue weighted by molar-refractivity contribution is -0.141. The lowest BCUT2D eigenvalue weighted by atomic mass is 10.1. The summed E-state index contributed by atoms with van der Waals surface area (Å²) >= 11 is 0. The van der Waals surface area contributed by atoms with Crippen molar-refractivity contribution in [3.8, 4) is 0 Å². The van der Waals surface area contributed by atoms with Crippen LogP contribution in [0, 0.1) is 0 Å². The van der Waals surface area contributed by atoms with Gasteiger partial charge in [-0.05, 0) is 19.9 Å². The molecule has 0 aromatic heterocycles. The quantitative estimate of drug-likeness (QED) is 0.507. The molecule has 68 valence electrons. The Labute approximate surface area is 70.1 Å². The normalized spacial score (nSPS) is 23.9. The maximum atomic E-state index is 11.1. The molecule has 0 radical (unpaired) electrons. The van der Waals surface area contributed by atoms with Crippen LogP contribution >= 0.6 is 0 Å². The van der Waals surface area contributed by atoms with Crippen LogP contribution in [0.5, 0.6) is 0 Å². The summed E-state index contributed by atoms with van der Waals surface area (Å²) in [5.74, 6) is -1.24. The summed E-state index contributed by atoms with van der Waals surface area (Å²) in [6, 6.07) is -0.994. The first kappa shape index (κ1) is 8.99. The topological polar surface area (TPSA) is 78.4 Å². The van der Waals surface area contributed by atoms with Gasteiger partial charge in [0.25, 0.3) is 0 Å². The van der Waals surface area contributed by atoms with Gasteiger partial charge in [0, 0.05) is 0 Å². The highest BCUT2D eigenvalue weighted by Gasteiger charge is 2.26. The number of carboxylic acid groups (broad SMARTS) is 1. The summed E-state index contributed by atoms with van der Waals surface area (Å²) in [5, 5.41) is 13.7. The second kappa shape index (κ2) is 3.53. The molecular formula is C7H12N2O3. The van der Waals surface area contributed by atoms with Gasteiger partial charge in [-0.3, -0.25) is 9.59 Å². The summed E-state index contributed by atoms with van der Waals surface area (Å²) in [6.45, 7) is 2.28. The number of carbonyl (C=O) groups excluding carboxylic acids is 1. The summed E-state index contributed by atoms with van der Waals surface area (Å²) in [4.78, 5) is 21.4. The average Bonchev–Trinajstić information content (AvgIpc) is 1.82. The largest absolute Gasteiger partial charge is 0.480 e. The zero-order valence-corrected chi connectivity index (χ0v) is 6.83. The fourth-order valence-corrected chi connectivity index (χ4v) is 0.888. The first-order valence-corrected chi connectivity index (χ1v) is 3.88. The highest BCUT2D eigenvalue weighted by Crippen LogP contribution is 2.01. The lowest BCUT2D eigenvalue weighted by Crippen LogP contribution is -2.55. The van der Waals surface area contributed by atoms with Crippen LogP contribution in [-0.4, -0.2) is 35.6 Å². The van der Waals surface area contributed by atoms with E-state index in [9.17, 15) is 9.59 Å². The molecule has 1 amide bonds. The first-order valence-electron chi connectivity index (χ1n) is 3.88. The minimum Gasteiger partial charge on any atom is -0.480 e. The van der Waals surface area contributed by atoms with Crippen LogP contribution in [0.15, 0.2) is 0 Å². The second-order valence-electron chi connectivity index (χ2n) is 2.86. The Balaban J connectivity index is 2.29. The van der Waals surface area contributed by atoms with Crippen molar-refractivity contribution in [3.63, 3.8) is 0 Å². The molecule has 5 nitrogen and oxygen atoms in total. The Hall–Kier alpha value is -1.10. The minimum absolute atomic E-state index is 0.188. The zero-order chi connectivity index (χ0) is 9.14. The molecule has 1 aliphatic heterocycles. The van der Waals surface area contributed by atoms with E-state index in [1.165, 1.54) is 6.92 Å². The Kier molecular flexibility index (Phi) is 2.65. The molecule has 0 aliphatic carbocycles. The van der Waals surface area contributed by atoms with E-state index in [-0.39, 0.29) is 11.9 Å². The van der Waals surface area contributed by atoms with Crippen molar-refractivity contribution in [2.45, 2.75) is 25.4 Å². The van der Waals surface area contributed by atoms with Gasteiger partial charge in [0.15, 0.2) is 0 Å². The van der Waals surface area contributed by atoms with E-state index in [0.29, 0.717) is 0 Å². The molecule has 1 fully saturated rings. The predicted octanol–water partition coefficient (Wildman–Crippen LogP) is -1.06. The smallest absolute Gasteiger partial charge is 0.325 e. The van der Waals surface area contributed by atoms with Gasteiger partial charge in [-0.1, -0.05) is 0 Å². The third-order valence-electron chi connectivity index (χ3n) is 1.87. The molecule has 0 aromatic rings. The van der Waals surface area contributed by atoms with E-state index in [1.807, 2.05) is 0 Å². The summed E-state index contributed by atoms with van der Waals surface area (Å²) in [5.41, 5.74) is 0. The van der Waals surface area contributed by atoms with Crippen LogP contribution in [-0.2, 0) is 9.59 Å². The van der Waals surface area contributed by atoms with Gasteiger partial charge in [-0.25, -0.2) is 0 Å². The lowest BCUT2D eigenvalue weighted by Gasteiger charge is -2.27. The van der Waals surface area contributed by atoms with Crippen LogP contribution in [0.4, 0.5) is 0 Å². The monoisotopic (exact) mass is 172 g/mol. The Bertz CT molecular complexity index is 201. The second-order valence-corrected chi connectivity index (χ2v) is 2.86. The maximum absolute atomic E-state index is 11.1. The molecule has 2 atom stereocenters. The number of nitrogens with one attached hydrogen (secondary N) is 2. The van der Waals surface area contributed by atoms with E-state index in [4.69, 9.17) is 5.11 Å². The van der Waals surface area contributed by atoms with Crippen LogP contribution < -0.4 is 10.6 Å². The maximum Gasteiger partial charge on any atom is 0.325 e. The first-order chi connectivity index (χ1) is 5.61. The fraction of sp³-hybridized carbons (Fsp3) is 0.714. The molecule has 5 heteroatoms.